The zero-order chi connectivity index (χ0) is 32.8. The summed E-state index contributed by atoms with van der Waals surface area (Å²) in [7, 11) is 3.50. The first-order valence-corrected chi connectivity index (χ1v) is 15.6. The van der Waals surface area contributed by atoms with E-state index < -0.39 is 17.9 Å². The van der Waals surface area contributed by atoms with Gasteiger partial charge in [-0.25, -0.2) is 4.98 Å². The van der Waals surface area contributed by atoms with Crippen LogP contribution in [0.3, 0.4) is 0 Å². The van der Waals surface area contributed by atoms with E-state index in [1.807, 2.05) is 24.3 Å². The molecule has 0 bridgehead atoms. The molecule has 0 spiro atoms. The minimum atomic E-state index is -1.05. The lowest BCUT2D eigenvalue weighted by Crippen LogP contribution is -2.48. The normalized spacial score (nSPS) is 15.0. The molecule has 4 amide bonds. The average Bonchev–Trinajstić information content (AvgIpc) is 3.06. The highest BCUT2D eigenvalue weighted by Gasteiger charge is 2.30. The number of carbonyl (C=O) groups excluding carboxylic acids is 5. The third kappa shape index (κ3) is 10.2. The van der Waals surface area contributed by atoms with Gasteiger partial charge in [-0.3, -0.25) is 29.0 Å². The lowest BCUT2D eigenvalue weighted by atomic mass is 10.0. The maximum atomic E-state index is 13.4. The fourth-order valence-corrected chi connectivity index (χ4v) is 5.63. The maximum Gasteiger partial charge on any atom is 0.261 e. The van der Waals surface area contributed by atoms with Gasteiger partial charge in [0.2, 0.25) is 18.7 Å². The summed E-state index contributed by atoms with van der Waals surface area (Å²) < 4.78 is 0. The average molecular weight is 622 g/mol. The van der Waals surface area contributed by atoms with Crippen LogP contribution in [0, 0.1) is 12.8 Å². The first-order valence-electron chi connectivity index (χ1n) is 15.6. The molecule has 1 fully saturated rings. The molecule has 1 saturated heterocycles. The van der Waals surface area contributed by atoms with Crippen molar-refractivity contribution >= 4 is 42.4 Å². The van der Waals surface area contributed by atoms with Gasteiger partial charge in [-0.1, -0.05) is 25.5 Å². The van der Waals surface area contributed by atoms with Crippen LogP contribution in [0.2, 0.25) is 0 Å². The number of carbonyl (C=O) groups is 5. The number of rotatable bonds is 18. The fourth-order valence-electron chi connectivity index (χ4n) is 5.63. The minimum absolute atomic E-state index is 0.0607. The van der Waals surface area contributed by atoms with E-state index in [4.69, 9.17) is 0 Å². The van der Waals surface area contributed by atoms with Crippen LogP contribution in [0.15, 0.2) is 36.5 Å². The van der Waals surface area contributed by atoms with Crippen molar-refractivity contribution in [3.05, 3.63) is 53.2 Å². The number of benzene rings is 1. The van der Waals surface area contributed by atoms with E-state index >= 15 is 0 Å². The van der Waals surface area contributed by atoms with Crippen molar-refractivity contribution in [1.29, 1.82) is 0 Å². The Bertz CT molecular complexity index is 1280. The van der Waals surface area contributed by atoms with E-state index in [-0.39, 0.29) is 12.8 Å². The highest BCUT2D eigenvalue weighted by molar-refractivity contribution is 6.04. The molecule has 45 heavy (non-hydrogen) atoms. The van der Waals surface area contributed by atoms with Gasteiger partial charge < -0.3 is 25.2 Å². The van der Waals surface area contributed by atoms with Crippen LogP contribution in [0.5, 0.6) is 0 Å². The Morgan fingerprint density at radius 2 is 1.78 bits per heavy atom. The summed E-state index contributed by atoms with van der Waals surface area (Å²) in [5.74, 6) is 0.0673. The zero-order valence-corrected chi connectivity index (χ0v) is 26.9. The molecule has 2 heterocycles. The molecule has 12 nitrogen and oxygen atoms in total. The highest BCUT2D eigenvalue weighted by Crippen LogP contribution is 2.20. The summed E-state index contributed by atoms with van der Waals surface area (Å²) in [6.07, 6.45) is 5.74. The Labute approximate surface area is 266 Å². The van der Waals surface area contributed by atoms with Gasteiger partial charge in [-0.05, 0) is 55.0 Å². The molecular weight excluding hydrogens is 574 g/mol. The molecule has 0 radical (unpaired) electrons. The van der Waals surface area contributed by atoms with E-state index in [9.17, 15) is 24.0 Å². The smallest absolute Gasteiger partial charge is 0.261 e. The number of aromatic nitrogens is 1. The van der Waals surface area contributed by atoms with Gasteiger partial charge in [0.15, 0.2) is 0 Å². The molecule has 2 unspecified atom stereocenters. The summed E-state index contributed by atoms with van der Waals surface area (Å²) in [6.45, 7) is 10.4. The molecule has 2 atom stereocenters. The van der Waals surface area contributed by atoms with E-state index in [0.717, 1.165) is 68.3 Å². The number of nitrogens with zero attached hydrogens (tertiary/aromatic N) is 5. The molecule has 244 valence electrons. The van der Waals surface area contributed by atoms with Crippen LogP contribution in [0.25, 0.3) is 0 Å². The van der Waals surface area contributed by atoms with Gasteiger partial charge in [0.05, 0.1) is 11.9 Å². The summed E-state index contributed by atoms with van der Waals surface area (Å²) in [5.41, 5.74) is 3.06. The quantitative estimate of drug-likeness (QED) is 0.241. The van der Waals surface area contributed by atoms with E-state index in [1.165, 1.54) is 7.05 Å². The fraction of sp³-hybridized carbons (Fsp3) is 0.515. The Kier molecular flexibility index (Phi) is 14.1. The summed E-state index contributed by atoms with van der Waals surface area (Å²) in [6, 6.07) is 8.39. The Morgan fingerprint density at radius 1 is 1.04 bits per heavy atom. The van der Waals surface area contributed by atoms with E-state index in [2.05, 4.69) is 44.3 Å². The zero-order valence-electron chi connectivity index (χ0n) is 26.9. The first kappa shape index (κ1) is 35.3. The Morgan fingerprint density at radius 3 is 2.38 bits per heavy atom. The number of likely N-dealkylation sites (N-methyl/N-ethyl adjacent to an activating group) is 1. The number of aldehydes is 1. The Hall–Kier alpha value is -4.16. The Balaban J connectivity index is 1.53. The van der Waals surface area contributed by atoms with Gasteiger partial charge in [-0.15, -0.1) is 0 Å². The van der Waals surface area contributed by atoms with Crippen molar-refractivity contribution < 1.29 is 24.0 Å². The number of anilines is 2. The highest BCUT2D eigenvalue weighted by atomic mass is 16.2. The lowest BCUT2D eigenvalue weighted by molar-refractivity contribution is -0.131. The monoisotopic (exact) mass is 621 g/mol. The molecule has 2 N–H and O–H groups in total. The van der Waals surface area contributed by atoms with Gasteiger partial charge in [0.1, 0.15) is 18.1 Å². The minimum Gasteiger partial charge on any atom is -0.373 e. The first-order chi connectivity index (χ1) is 21.7. The van der Waals surface area contributed by atoms with Crippen LogP contribution in [-0.4, -0.2) is 110 Å². The predicted molar refractivity (Wildman–Crippen MR) is 174 cm³/mol. The molecule has 0 saturated carbocycles. The van der Waals surface area contributed by atoms with Crippen molar-refractivity contribution in [3.63, 3.8) is 0 Å². The number of imide groups is 1. The largest absolute Gasteiger partial charge is 0.373 e. The number of piperazine rings is 1. The molecule has 1 aromatic heterocycles. The second-order valence-electron chi connectivity index (χ2n) is 11.6. The van der Waals surface area contributed by atoms with Gasteiger partial charge in [-0.2, -0.15) is 0 Å². The number of aryl methyl sites for hydroxylation is 1. The van der Waals surface area contributed by atoms with E-state index in [1.54, 1.807) is 19.2 Å². The van der Waals surface area contributed by atoms with Gasteiger partial charge >= 0.3 is 0 Å². The molecule has 0 aliphatic carbocycles. The van der Waals surface area contributed by atoms with Crippen LogP contribution in [0.1, 0.15) is 54.1 Å². The van der Waals surface area contributed by atoms with Crippen LogP contribution < -0.4 is 15.5 Å². The van der Waals surface area contributed by atoms with E-state index in [0.29, 0.717) is 48.5 Å². The summed E-state index contributed by atoms with van der Waals surface area (Å²) >= 11 is 0. The van der Waals surface area contributed by atoms with Crippen molar-refractivity contribution in [2.45, 2.75) is 52.1 Å². The van der Waals surface area contributed by atoms with Crippen molar-refractivity contribution in [2.24, 2.45) is 5.92 Å². The second-order valence-corrected chi connectivity index (χ2v) is 11.6. The molecule has 1 aliphatic heterocycles. The number of pyridine rings is 1. The molecule has 3 rings (SSSR count). The second kappa shape index (κ2) is 18.0. The van der Waals surface area contributed by atoms with Crippen molar-refractivity contribution in [3.8, 4) is 0 Å². The van der Waals surface area contributed by atoms with Crippen molar-refractivity contribution in [2.75, 3.05) is 63.6 Å². The number of nitrogens with one attached hydrogen (secondary N) is 2. The third-order valence-electron chi connectivity index (χ3n) is 8.56. The number of hydrogen-bond donors (Lipinski definition) is 2. The number of hydrogen-bond acceptors (Lipinski definition) is 9. The van der Waals surface area contributed by atoms with Crippen LogP contribution >= 0.6 is 0 Å². The standard InChI is InChI=1S/C33H47N7O5/c1-5-26(12-13-37(4)28-10-11-31(35-20-28)36-23-42)21-38-14-16-39(17-15-38)22-27-9-8-25(2)29(19-27)33(45)40(24-43)30(7-6-18-41)32(44)34-3/h8-11,18-20,23-24,26,30H,5-7,12-17,21-22H2,1-4H3,(H,34,44)(H,35,36,42). The molecular formula is C33H47N7O5. The predicted octanol–water partition coefficient (Wildman–Crippen LogP) is 2.32. The maximum absolute atomic E-state index is 13.4. The molecule has 12 heteroatoms. The van der Waals surface area contributed by atoms with Gasteiger partial charge in [0, 0.05) is 71.9 Å². The molecule has 1 aliphatic rings. The van der Waals surface area contributed by atoms with Gasteiger partial charge in [0.25, 0.3) is 5.91 Å². The third-order valence-corrected chi connectivity index (χ3v) is 8.56. The molecule has 1 aromatic carbocycles. The van der Waals surface area contributed by atoms with Crippen molar-refractivity contribution in [1.82, 2.24) is 25.0 Å². The lowest BCUT2D eigenvalue weighted by Gasteiger charge is -2.36. The SMILES string of the molecule is CCC(CCN(C)c1ccc(NC=O)nc1)CN1CCN(Cc2ccc(C)c(C(=O)N(C=O)C(CCC=O)C(=O)NC)c2)CC1. The van der Waals surface area contributed by atoms with Crippen LogP contribution in [-0.2, 0) is 25.7 Å². The molecule has 2 aromatic rings. The topological polar surface area (TPSA) is 135 Å². The van der Waals surface area contributed by atoms with Crippen LogP contribution in [0.4, 0.5) is 11.5 Å². The summed E-state index contributed by atoms with van der Waals surface area (Å²) in [4.78, 5) is 71.6. The summed E-state index contributed by atoms with van der Waals surface area (Å²) in [5, 5.41) is 5.04. The number of amides is 4.